The van der Waals surface area contributed by atoms with Gasteiger partial charge in [0, 0.05) is 25.4 Å². The number of benzene rings is 1. The zero-order valence-electron chi connectivity index (χ0n) is 20.2. The lowest BCUT2D eigenvalue weighted by molar-refractivity contribution is -0.132. The van der Waals surface area contributed by atoms with Crippen molar-refractivity contribution in [3.05, 3.63) is 51.1 Å². The molecule has 0 radical (unpaired) electrons. The molecule has 8 heteroatoms. The highest BCUT2D eigenvalue weighted by molar-refractivity contribution is 5.76. The second-order valence-electron chi connectivity index (χ2n) is 10.2. The van der Waals surface area contributed by atoms with Crippen LogP contribution in [0.1, 0.15) is 79.8 Å². The molecule has 1 aliphatic carbocycles. The van der Waals surface area contributed by atoms with Crippen molar-refractivity contribution in [2.45, 2.75) is 77.7 Å². The summed E-state index contributed by atoms with van der Waals surface area (Å²) in [5.74, 6) is 1.61. The molecule has 2 fully saturated rings. The number of aromatic nitrogens is 5. The first-order valence-corrected chi connectivity index (χ1v) is 12.7. The smallest absolute Gasteiger partial charge is 0.281 e. The predicted molar refractivity (Wildman–Crippen MR) is 131 cm³/mol. The number of amides is 1. The first-order chi connectivity index (χ1) is 16.5. The molecule has 2 aliphatic rings. The second kappa shape index (κ2) is 9.68. The number of likely N-dealkylation sites (tertiary alicyclic amines) is 1. The quantitative estimate of drug-likeness (QED) is 0.600. The van der Waals surface area contributed by atoms with Gasteiger partial charge in [-0.05, 0) is 50.2 Å². The van der Waals surface area contributed by atoms with Crippen molar-refractivity contribution in [3.63, 3.8) is 0 Å². The molecule has 0 spiro atoms. The van der Waals surface area contributed by atoms with Crippen LogP contribution >= 0.6 is 0 Å². The zero-order valence-corrected chi connectivity index (χ0v) is 20.2. The fraction of sp³-hybridized carbons (Fsp3) is 0.577. The van der Waals surface area contributed by atoms with Crippen LogP contribution in [-0.2, 0) is 11.3 Å². The van der Waals surface area contributed by atoms with Gasteiger partial charge < -0.3 is 9.88 Å². The van der Waals surface area contributed by atoms with Gasteiger partial charge >= 0.3 is 0 Å². The number of rotatable bonds is 6. The third kappa shape index (κ3) is 4.76. The average molecular weight is 463 g/mol. The Morgan fingerprint density at radius 3 is 2.79 bits per heavy atom. The molecule has 1 amide bonds. The lowest BCUT2D eigenvalue weighted by atomic mass is 9.96. The Hall–Kier alpha value is -3.03. The first kappa shape index (κ1) is 22.7. The molecule has 2 aromatic heterocycles. The Morgan fingerprint density at radius 2 is 1.97 bits per heavy atom. The van der Waals surface area contributed by atoms with Crippen LogP contribution in [0.25, 0.3) is 11.2 Å². The molecule has 3 aromatic rings. The van der Waals surface area contributed by atoms with Crippen LogP contribution in [0, 0.1) is 19.8 Å². The van der Waals surface area contributed by atoms with Gasteiger partial charge in [0.25, 0.3) is 5.56 Å². The Balaban J connectivity index is 1.34. The van der Waals surface area contributed by atoms with Crippen molar-refractivity contribution in [3.8, 4) is 0 Å². The number of nitrogens with zero attached hydrogens (tertiary/aromatic N) is 5. The minimum Gasteiger partial charge on any atom is -0.342 e. The molecular formula is C26H34N6O2. The normalized spacial score (nSPS) is 19.2. The standard InChI is InChI=1S/C26H34N6O2/c1-17-9-10-18(2)21(14-17)16-32-25-23(29-30-32)26(34)28-24(27-25)20-8-5-13-31(15-20)22(33)12-11-19-6-3-4-7-19/h9-10,14,19-20H,3-8,11-13,15-16H2,1-2H3,(H,27,28,34)/t20-/m1/s1. The SMILES string of the molecule is Cc1ccc(C)c(Cn2nnc3c(=O)[nH]c([C@@H]4CCCN(C(=O)CCC5CCCC5)C4)nc32)c1. The van der Waals surface area contributed by atoms with Gasteiger partial charge in [-0.15, -0.1) is 5.10 Å². The maximum atomic E-state index is 12.9. The minimum absolute atomic E-state index is 0.0188. The van der Waals surface area contributed by atoms with Gasteiger partial charge in [0.1, 0.15) is 5.82 Å². The molecule has 1 saturated carbocycles. The Labute approximate surface area is 199 Å². The van der Waals surface area contributed by atoms with E-state index in [1.54, 1.807) is 4.68 Å². The molecule has 5 rings (SSSR count). The lowest BCUT2D eigenvalue weighted by Crippen LogP contribution is -2.40. The maximum absolute atomic E-state index is 12.9. The highest BCUT2D eigenvalue weighted by Crippen LogP contribution is 2.30. The number of carbonyl (C=O) groups is 1. The number of piperidine rings is 1. The first-order valence-electron chi connectivity index (χ1n) is 12.7. The van der Waals surface area contributed by atoms with Gasteiger partial charge in [0.2, 0.25) is 5.91 Å². The summed E-state index contributed by atoms with van der Waals surface area (Å²) in [6.45, 7) is 6.04. The molecule has 0 unspecified atom stereocenters. The van der Waals surface area contributed by atoms with Crippen LogP contribution in [0.15, 0.2) is 23.0 Å². The molecule has 8 nitrogen and oxygen atoms in total. The molecular weight excluding hydrogens is 428 g/mol. The molecule has 34 heavy (non-hydrogen) atoms. The van der Waals surface area contributed by atoms with Gasteiger partial charge in [-0.3, -0.25) is 9.59 Å². The van der Waals surface area contributed by atoms with Crippen molar-refractivity contribution in [2.24, 2.45) is 5.92 Å². The van der Waals surface area contributed by atoms with Crippen LogP contribution in [-0.4, -0.2) is 48.9 Å². The lowest BCUT2D eigenvalue weighted by Gasteiger charge is -2.32. The number of aryl methyl sites for hydroxylation is 2. The maximum Gasteiger partial charge on any atom is 0.281 e. The summed E-state index contributed by atoms with van der Waals surface area (Å²) in [5.41, 5.74) is 3.97. The number of hydrogen-bond acceptors (Lipinski definition) is 5. The summed E-state index contributed by atoms with van der Waals surface area (Å²) < 4.78 is 1.71. The summed E-state index contributed by atoms with van der Waals surface area (Å²) in [7, 11) is 0. The molecule has 1 aliphatic heterocycles. The second-order valence-corrected chi connectivity index (χ2v) is 10.2. The Bertz CT molecular complexity index is 1240. The summed E-state index contributed by atoms with van der Waals surface area (Å²) in [4.78, 5) is 35.4. The van der Waals surface area contributed by atoms with Crippen molar-refractivity contribution in [2.75, 3.05) is 13.1 Å². The van der Waals surface area contributed by atoms with E-state index in [2.05, 4.69) is 47.3 Å². The van der Waals surface area contributed by atoms with Gasteiger partial charge in [-0.25, -0.2) is 9.67 Å². The number of hydrogen-bond donors (Lipinski definition) is 1. The molecule has 1 N–H and O–H groups in total. The third-order valence-electron chi connectivity index (χ3n) is 7.62. The fourth-order valence-electron chi connectivity index (χ4n) is 5.53. The number of nitrogens with one attached hydrogen (secondary N) is 1. The topological polar surface area (TPSA) is 96.8 Å². The summed E-state index contributed by atoms with van der Waals surface area (Å²) >= 11 is 0. The van der Waals surface area contributed by atoms with Crippen molar-refractivity contribution in [1.82, 2.24) is 29.9 Å². The largest absolute Gasteiger partial charge is 0.342 e. The van der Waals surface area contributed by atoms with E-state index in [0.717, 1.165) is 37.3 Å². The molecule has 1 saturated heterocycles. The minimum atomic E-state index is -0.267. The monoisotopic (exact) mass is 462 g/mol. The van der Waals surface area contributed by atoms with Gasteiger partial charge in [0.15, 0.2) is 11.2 Å². The van der Waals surface area contributed by atoms with E-state index >= 15 is 0 Å². The van der Waals surface area contributed by atoms with Crippen LogP contribution in [0.4, 0.5) is 0 Å². The van der Waals surface area contributed by atoms with E-state index in [4.69, 9.17) is 4.98 Å². The average Bonchev–Trinajstić information content (AvgIpc) is 3.50. The highest BCUT2D eigenvalue weighted by Gasteiger charge is 2.28. The van der Waals surface area contributed by atoms with Gasteiger partial charge in [-0.1, -0.05) is 54.7 Å². The van der Waals surface area contributed by atoms with E-state index in [1.165, 1.54) is 36.8 Å². The van der Waals surface area contributed by atoms with E-state index in [1.807, 2.05) is 4.90 Å². The molecule has 3 heterocycles. The van der Waals surface area contributed by atoms with E-state index in [0.29, 0.717) is 31.0 Å². The van der Waals surface area contributed by atoms with Crippen molar-refractivity contribution in [1.29, 1.82) is 0 Å². The Kier molecular flexibility index (Phi) is 6.48. The zero-order chi connectivity index (χ0) is 23.7. The number of H-pyrrole nitrogens is 1. The molecule has 0 bridgehead atoms. The van der Waals surface area contributed by atoms with Crippen LogP contribution in [0.5, 0.6) is 0 Å². The van der Waals surface area contributed by atoms with Crippen molar-refractivity contribution >= 4 is 17.1 Å². The van der Waals surface area contributed by atoms with Crippen LogP contribution in [0.3, 0.4) is 0 Å². The van der Waals surface area contributed by atoms with Gasteiger partial charge in [0.05, 0.1) is 6.54 Å². The van der Waals surface area contributed by atoms with Crippen LogP contribution in [0.2, 0.25) is 0 Å². The van der Waals surface area contributed by atoms with Crippen molar-refractivity contribution < 1.29 is 4.79 Å². The van der Waals surface area contributed by atoms with E-state index in [-0.39, 0.29) is 22.9 Å². The summed E-state index contributed by atoms with van der Waals surface area (Å²) in [6.07, 6.45) is 8.61. The van der Waals surface area contributed by atoms with Crippen LogP contribution < -0.4 is 5.56 Å². The summed E-state index contributed by atoms with van der Waals surface area (Å²) in [6, 6.07) is 6.31. The van der Waals surface area contributed by atoms with E-state index in [9.17, 15) is 9.59 Å². The fourth-order valence-corrected chi connectivity index (χ4v) is 5.53. The third-order valence-corrected chi connectivity index (χ3v) is 7.62. The molecule has 1 atom stereocenters. The summed E-state index contributed by atoms with van der Waals surface area (Å²) in [5, 5.41) is 8.33. The highest BCUT2D eigenvalue weighted by atomic mass is 16.2. The van der Waals surface area contributed by atoms with Gasteiger partial charge in [-0.2, -0.15) is 0 Å². The number of carbonyl (C=O) groups excluding carboxylic acids is 1. The Morgan fingerprint density at radius 1 is 1.15 bits per heavy atom. The number of aromatic amines is 1. The van der Waals surface area contributed by atoms with E-state index < -0.39 is 0 Å². The predicted octanol–water partition coefficient (Wildman–Crippen LogP) is 3.86. The molecule has 180 valence electrons. The molecule has 1 aromatic carbocycles. The number of fused-ring (bicyclic) bond motifs is 1.